The number of nitriles is 1. The molecule has 0 N–H and O–H groups in total. The summed E-state index contributed by atoms with van der Waals surface area (Å²) in [4.78, 5) is 0. The lowest BCUT2D eigenvalue weighted by molar-refractivity contribution is 0.282. The van der Waals surface area contributed by atoms with Gasteiger partial charge in [0, 0.05) is 5.56 Å². The number of rotatable bonds is 6. The molecule has 0 unspecified atom stereocenters. The zero-order valence-corrected chi connectivity index (χ0v) is 13.7. The van der Waals surface area contributed by atoms with Gasteiger partial charge >= 0.3 is 0 Å². The molecule has 1 fully saturated rings. The molecule has 0 amide bonds. The average Bonchev–Trinajstić information content (AvgIpc) is 2.54. The van der Waals surface area contributed by atoms with E-state index in [1.165, 1.54) is 18.9 Å². The molecule has 1 aromatic rings. The lowest BCUT2D eigenvalue weighted by Gasteiger charge is -2.30. The Balaban J connectivity index is 2.22. The molecule has 2 nitrogen and oxygen atoms in total. The minimum absolute atomic E-state index is 0.134. The second-order valence-electron chi connectivity index (χ2n) is 6.31. The monoisotopic (exact) mass is 303 g/mol. The molecule has 1 saturated carbocycles. The van der Waals surface area contributed by atoms with Crippen molar-refractivity contribution in [2.45, 2.75) is 64.7 Å². The van der Waals surface area contributed by atoms with Gasteiger partial charge in [-0.3, -0.25) is 0 Å². The summed E-state index contributed by atoms with van der Waals surface area (Å²) in [5, 5.41) is 9.09. The van der Waals surface area contributed by atoms with Gasteiger partial charge in [0.05, 0.1) is 12.2 Å². The summed E-state index contributed by atoms with van der Waals surface area (Å²) in [7, 11) is 0. The van der Waals surface area contributed by atoms with Gasteiger partial charge in [0.25, 0.3) is 0 Å². The first kappa shape index (κ1) is 16.8. The lowest BCUT2D eigenvalue weighted by atomic mass is 9.76. The Morgan fingerprint density at radius 3 is 2.50 bits per heavy atom. The molecule has 1 aromatic carbocycles. The SMILES string of the molecule is CCCOc1ccc(C#N)c(F)c1C1CCC(CCC)CC1. The number of hydrogen-bond acceptors (Lipinski definition) is 2. The molecule has 0 radical (unpaired) electrons. The Hall–Kier alpha value is -1.56. The highest BCUT2D eigenvalue weighted by atomic mass is 19.1. The highest BCUT2D eigenvalue weighted by molar-refractivity contribution is 5.45. The van der Waals surface area contributed by atoms with Crippen molar-refractivity contribution >= 4 is 0 Å². The zero-order chi connectivity index (χ0) is 15.9. The number of ether oxygens (including phenoxy) is 1. The van der Waals surface area contributed by atoms with Crippen LogP contribution in [-0.4, -0.2) is 6.61 Å². The Morgan fingerprint density at radius 2 is 1.91 bits per heavy atom. The smallest absolute Gasteiger partial charge is 0.148 e. The van der Waals surface area contributed by atoms with Crippen molar-refractivity contribution in [3.8, 4) is 11.8 Å². The Morgan fingerprint density at radius 1 is 1.18 bits per heavy atom. The fourth-order valence-corrected chi connectivity index (χ4v) is 3.53. The van der Waals surface area contributed by atoms with Crippen molar-refractivity contribution in [1.82, 2.24) is 0 Å². The first-order chi connectivity index (χ1) is 10.7. The quantitative estimate of drug-likeness (QED) is 0.689. The number of benzene rings is 1. The number of halogens is 1. The molecular formula is C19H26FNO. The summed E-state index contributed by atoms with van der Waals surface area (Å²) in [6.45, 7) is 4.85. The number of nitrogens with zero attached hydrogens (tertiary/aromatic N) is 1. The summed E-state index contributed by atoms with van der Waals surface area (Å²) in [5.41, 5.74) is 0.775. The fourth-order valence-electron chi connectivity index (χ4n) is 3.53. The largest absolute Gasteiger partial charge is 0.493 e. The molecule has 1 aliphatic carbocycles. The van der Waals surface area contributed by atoms with Gasteiger partial charge in [-0.2, -0.15) is 5.26 Å². The molecule has 2 rings (SSSR count). The van der Waals surface area contributed by atoms with E-state index < -0.39 is 0 Å². The molecule has 120 valence electrons. The third-order valence-electron chi connectivity index (χ3n) is 4.67. The molecule has 0 saturated heterocycles. The first-order valence-electron chi connectivity index (χ1n) is 8.56. The van der Waals surface area contributed by atoms with Crippen LogP contribution in [0.5, 0.6) is 5.75 Å². The van der Waals surface area contributed by atoms with E-state index in [1.807, 2.05) is 13.0 Å². The molecule has 22 heavy (non-hydrogen) atoms. The molecule has 0 atom stereocenters. The van der Waals surface area contributed by atoms with Crippen molar-refractivity contribution < 1.29 is 9.13 Å². The summed E-state index contributed by atoms with van der Waals surface area (Å²) in [5.74, 6) is 1.24. The van der Waals surface area contributed by atoms with Crippen LogP contribution in [0.15, 0.2) is 12.1 Å². The molecule has 3 heteroatoms. The van der Waals surface area contributed by atoms with Crippen LogP contribution >= 0.6 is 0 Å². The summed E-state index contributed by atoms with van der Waals surface area (Å²) in [6, 6.07) is 5.26. The predicted octanol–water partition coefficient (Wildman–Crippen LogP) is 5.56. The molecule has 0 aliphatic heterocycles. The van der Waals surface area contributed by atoms with E-state index >= 15 is 0 Å². The van der Waals surface area contributed by atoms with Gasteiger partial charge in [-0.05, 0) is 56.1 Å². The van der Waals surface area contributed by atoms with Crippen molar-refractivity contribution in [3.05, 3.63) is 29.1 Å². The van der Waals surface area contributed by atoms with Gasteiger partial charge in [0.1, 0.15) is 17.6 Å². The van der Waals surface area contributed by atoms with Crippen LogP contribution in [0.2, 0.25) is 0 Å². The van der Waals surface area contributed by atoms with Crippen LogP contribution in [0.3, 0.4) is 0 Å². The van der Waals surface area contributed by atoms with Gasteiger partial charge in [0.2, 0.25) is 0 Å². The van der Waals surface area contributed by atoms with Gasteiger partial charge in [-0.1, -0.05) is 26.7 Å². The van der Waals surface area contributed by atoms with E-state index in [4.69, 9.17) is 10.00 Å². The minimum Gasteiger partial charge on any atom is -0.493 e. The van der Waals surface area contributed by atoms with Crippen LogP contribution in [0.25, 0.3) is 0 Å². The van der Waals surface area contributed by atoms with Gasteiger partial charge in [0.15, 0.2) is 0 Å². The predicted molar refractivity (Wildman–Crippen MR) is 86.5 cm³/mol. The van der Waals surface area contributed by atoms with Crippen LogP contribution in [0.1, 0.15) is 75.8 Å². The second-order valence-corrected chi connectivity index (χ2v) is 6.31. The summed E-state index contributed by atoms with van der Waals surface area (Å²) >= 11 is 0. The lowest BCUT2D eigenvalue weighted by Crippen LogP contribution is -2.16. The summed E-state index contributed by atoms with van der Waals surface area (Å²) in [6.07, 6.45) is 7.69. The van der Waals surface area contributed by atoms with Gasteiger partial charge in [-0.15, -0.1) is 0 Å². The average molecular weight is 303 g/mol. The van der Waals surface area contributed by atoms with Gasteiger partial charge < -0.3 is 4.74 Å². The highest BCUT2D eigenvalue weighted by Crippen LogP contribution is 2.42. The molecule has 1 aliphatic rings. The second kappa shape index (κ2) is 8.17. The van der Waals surface area contributed by atoms with E-state index in [1.54, 1.807) is 6.07 Å². The molecule has 0 bridgehead atoms. The topological polar surface area (TPSA) is 33.0 Å². The van der Waals surface area contributed by atoms with E-state index in [2.05, 4.69) is 6.92 Å². The molecular weight excluding hydrogens is 277 g/mol. The van der Waals surface area contributed by atoms with Crippen LogP contribution < -0.4 is 4.74 Å². The standard InChI is InChI=1S/C19H26FNO/c1-3-5-14-6-8-15(9-7-14)18-17(22-12-4-2)11-10-16(13-21)19(18)20/h10-11,14-15H,3-9,12H2,1-2H3. The summed E-state index contributed by atoms with van der Waals surface area (Å²) < 4.78 is 20.4. The molecule has 0 spiro atoms. The third kappa shape index (κ3) is 3.80. The third-order valence-corrected chi connectivity index (χ3v) is 4.67. The zero-order valence-electron chi connectivity index (χ0n) is 13.7. The molecule has 0 aromatic heterocycles. The van der Waals surface area contributed by atoms with Crippen molar-refractivity contribution in [1.29, 1.82) is 5.26 Å². The molecule has 0 heterocycles. The maximum Gasteiger partial charge on any atom is 0.148 e. The highest BCUT2D eigenvalue weighted by Gasteiger charge is 2.28. The van der Waals surface area contributed by atoms with E-state index in [0.29, 0.717) is 17.9 Å². The van der Waals surface area contributed by atoms with E-state index in [0.717, 1.165) is 38.0 Å². The first-order valence-corrected chi connectivity index (χ1v) is 8.56. The van der Waals surface area contributed by atoms with E-state index in [9.17, 15) is 4.39 Å². The number of hydrogen-bond donors (Lipinski definition) is 0. The Labute approximate surface area is 133 Å². The van der Waals surface area contributed by atoms with Crippen molar-refractivity contribution in [3.63, 3.8) is 0 Å². The van der Waals surface area contributed by atoms with Crippen molar-refractivity contribution in [2.75, 3.05) is 6.61 Å². The van der Waals surface area contributed by atoms with Crippen molar-refractivity contribution in [2.24, 2.45) is 5.92 Å². The van der Waals surface area contributed by atoms with E-state index in [-0.39, 0.29) is 17.3 Å². The normalized spacial score (nSPS) is 21.4. The Kier molecular flexibility index (Phi) is 6.24. The van der Waals surface area contributed by atoms with Crippen LogP contribution in [-0.2, 0) is 0 Å². The fraction of sp³-hybridized carbons (Fsp3) is 0.632. The van der Waals surface area contributed by atoms with Gasteiger partial charge in [-0.25, -0.2) is 4.39 Å². The minimum atomic E-state index is -0.366. The maximum atomic E-state index is 14.7. The van der Waals surface area contributed by atoms with Crippen LogP contribution in [0.4, 0.5) is 4.39 Å². The van der Waals surface area contributed by atoms with Crippen LogP contribution in [0, 0.1) is 23.1 Å². The maximum absolute atomic E-state index is 14.7. The Bertz CT molecular complexity index is 527.